The largest absolute Gasteiger partial charge is 0.341 e. The van der Waals surface area contributed by atoms with Crippen LogP contribution in [0, 0.1) is 18.7 Å². The fourth-order valence-electron chi connectivity index (χ4n) is 4.31. The lowest BCUT2D eigenvalue weighted by Crippen LogP contribution is -2.39. The van der Waals surface area contributed by atoms with Crippen LogP contribution in [0.3, 0.4) is 0 Å². The zero-order chi connectivity index (χ0) is 22.8. The number of carbonyl (C=O) groups is 1. The molecule has 1 saturated heterocycles. The molecular weight excluding hydrogens is 415 g/mol. The molecule has 0 bridgehead atoms. The molecule has 33 heavy (non-hydrogen) atoms. The second-order valence-electron chi connectivity index (χ2n) is 8.52. The van der Waals surface area contributed by atoms with E-state index in [4.69, 9.17) is 9.97 Å². The highest BCUT2D eigenvalue weighted by Crippen LogP contribution is 2.30. The number of nitrogens with zero attached hydrogens (tertiary/aromatic N) is 3. The number of fused-ring (bicyclic) bond motifs is 1. The number of hydrogen-bond acceptors (Lipinski definition) is 4. The van der Waals surface area contributed by atoms with Gasteiger partial charge in [-0.2, -0.15) is 0 Å². The van der Waals surface area contributed by atoms with E-state index < -0.39 is 0 Å². The number of carbonyl (C=O) groups excluding carboxylic acids is 1. The summed E-state index contributed by atoms with van der Waals surface area (Å²) in [6.45, 7) is 3.48. The van der Waals surface area contributed by atoms with Gasteiger partial charge in [-0.25, -0.2) is 14.4 Å². The summed E-state index contributed by atoms with van der Waals surface area (Å²) in [5.74, 6) is 0.258. The van der Waals surface area contributed by atoms with E-state index in [1.54, 1.807) is 12.1 Å². The zero-order valence-corrected chi connectivity index (χ0v) is 18.5. The number of piperidine rings is 1. The van der Waals surface area contributed by atoms with Gasteiger partial charge in [0.25, 0.3) is 0 Å². The van der Waals surface area contributed by atoms with E-state index in [9.17, 15) is 9.18 Å². The Hall–Kier alpha value is -3.80. The van der Waals surface area contributed by atoms with Gasteiger partial charge in [0.05, 0.1) is 11.2 Å². The summed E-state index contributed by atoms with van der Waals surface area (Å²) in [5, 5.41) is 3.94. The van der Waals surface area contributed by atoms with Gasteiger partial charge < -0.3 is 10.2 Å². The molecule has 1 amide bonds. The van der Waals surface area contributed by atoms with Crippen LogP contribution in [0.2, 0.25) is 0 Å². The molecule has 0 saturated carbocycles. The normalized spacial score (nSPS) is 14.4. The van der Waals surface area contributed by atoms with Crippen molar-refractivity contribution in [2.75, 3.05) is 23.3 Å². The third kappa shape index (κ3) is 4.55. The molecule has 5 nitrogen and oxygen atoms in total. The summed E-state index contributed by atoms with van der Waals surface area (Å²) in [6.07, 6.45) is 1.42. The topological polar surface area (TPSA) is 58.1 Å². The Morgan fingerprint density at radius 2 is 1.70 bits per heavy atom. The lowest BCUT2D eigenvalue weighted by molar-refractivity contribution is -0.120. The molecule has 6 heteroatoms. The van der Waals surface area contributed by atoms with Crippen molar-refractivity contribution < 1.29 is 9.18 Å². The number of aryl methyl sites for hydroxylation is 1. The molecule has 1 aliphatic rings. The fraction of sp³-hybridized carbons (Fsp3) is 0.222. The Labute approximate surface area is 192 Å². The Balaban J connectivity index is 1.36. The van der Waals surface area contributed by atoms with Crippen molar-refractivity contribution in [2.45, 2.75) is 19.8 Å². The SMILES string of the molecule is Cc1ccc2nc(N3CCC(C(=O)Nc4ccc(F)cc4)CC3)nc(-c3ccccc3)c2c1. The second-order valence-corrected chi connectivity index (χ2v) is 8.52. The maximum absolute atomic E-state index is 13.1. The fourth-order valence-corrected chi connectivity index (χ4v) is 4.31. The van der Waals surface area contributed by atoms with Gasteiger partial charge in [-0.3, -0.25) is 4.79 Å². The molecular formula is C27H25FN4O. The van der Waals surface area contributed by atoms with E-state index >= 15 is 0 Å². The quantitative estimate of drug-likeness (QED) is 0.449. The van der Waals surface area contributed by atoms with Gasteiger partial charge in [-0.1, -0.05) is 42.0 Å². The van der Waals surface area contributed by atoms with Crippen molar-refractivity contribution >= 4 is 28.4 Å². The maximum Gasteiger partial charge on any atom is 0.227 e. The van der Waals surface area contributed by atoms with Crippen LogP contribution < -0.4 is 10.2 Å². The van der Waals surface area contributed by atoms with Gasteiger partial charge in [-0.15, -0.1) is 0 Å². The first-order chi connectivity index (χ1) is 16.1. The van der Waals surface area contributed by atoms with Crippen molar-refractivity contribution in [3.05, 3.63) is 84.2 Å². The smallest absolute Gasteiger partial charge is 0.227 e. The Bertz CT molecular complexity index is 1280. The first-order valence-corrected chi connectivity index (χ1v) is 11.2. The molecule has 1 fully saturated rings. The van der Waals surface area contributed by atoms with E-state index in [0.717, 1.165) is 22.2 Å². The summed E-state index contributed by atoms with van der Waals surface area (Å²) in [5.41, 5.74) is 4.69. The average molecular weight is 441 g/mol. The minimum absolute atomic E-state index is 0.0267. The number of nitrogens with one attached hydrogen (secondary N) is 1. The highest BCUT2D eigenvalue weighted by atomic mass is 19.1. The van der Waals surface area contributed by atoms with E-state index in [2.05, 4.69) is 41.4 Å². The van der Waals surface area contributed by atoms with E-state index in [-0.39, 0.29) is 17.6 Å². The molecule has 0 radical (unpaired) electrons. The zero-order valence-electron chi connectivity index (χ0n) is 18.5. The molecule has 0 unspecified atom stereocenters. The number of rotatable bonds is 4. The molecule has 1 aromatic heterocycles. The van der Waals surface area contributed by atoms with Crippen LogP contribution in [0.5, 0.6) is 0 Å². The summed E-state index contributed by atoms with van der Waals surface area (Å²) in [6, 6.07) is 22.3. The van der Waals surface area contributed by atoms with Crippen LogP contribution in [0.4, 0.5) is 16.0 Å². The summed E-state index contributed by atoms with van der Waals surface area (Å²) < 4.78 is 13.1. The molecule has 3 aromatic carbocycles. The highest BCUT2D eigenvalue weighted by Gasteiger charge is 2.27. The minimum Gasteiger partial charge on any atom is -0.341 e. The summed E-state index contributed by atoms with van der Waals surface area (Å²) >= 11 is 0. The third-order valence-electron chi connectivity index (χ3n) is 6.15. The van der Waals surface area contributed by atoms with E-state index in [1.807, 2.05) is 24.3 Å². The van der Waals surface area contributed by atoms with Crippen LogP contribution >= 0.6 is 0 Å². The lowest BCUT2D eigenvalue weighted by atomic mass is 9.96. The van der Waals surface area contributed by atoms with E-state index in [1.165, 1.54) is 17.7 Å². The number of amides is 1. The van der Waals surface area contributed by atoms with Crippen LogP contribution in [0.25, 0.3) is 22.2 Å². The first kappa shape index (κ1) is 21.1. The molecule has 5 rings (SSSR count). The Kier molecular flexibility index (Phi) is 5.73. The number of halogens is 1. The standard InChI is InChI=1S/C27H25FN4O/c1-18-7-12-24-23(17-18)25(19-5-3-2-4-6-19)31-27(30-24)32-15-13-20(14-16-32)26(33)29-22-10-8-21(28)9-11-22/h2-12,17,20H,13-16H2,1H3,(H,29,33). The predicted octanol–water partition coefficient (Wildman–Crippen LogP) is 5.60. The molecule has 0 atom stereocenters. The molecule has 1 N–H and O–H groups in total. The van der Waals surface area contributed by atoms with Crippen LogP contribution in [0.1, 0.15) is 18.4 Å². The molecule has 4 aromatic rings. The van der Waals surface area contributed by atoms with Crippen LogP contribution in [0.15, 0.2) is 72.8 Å². The first-order valence-electron chi connectivity index (χ1n) is 11.2. The monoisotopic (exact) mass is 440 g/mol. The van der Waals surface area contributed by atoms with Gasteiger partial charge in [0.15, 0.2) is 0 Å². The highest BCUT2D eigenvalue weighted by molar-refractivity contribution is 5.94. The molecule has 2 heterocycles. The van der Waals surface area contributed by atoms with Gasteiger partial charge >= 0.3 is 0 Å². The minimum atomic E-state index is -0.318. The van der Waals surface area contributed by atoms with Gasteiger partial charge in [0, 0.05) is 35.6 Å². The van der Waals surface area contributed by atoms with Crippen LogP contribution in [-0.4, -0.2) is 29.0 Å². The van der Waals surface area contributed by atoms with Crippen molar-refractivity contribution in [1.82, 2.24) is 9.97 Å². The van der Waals surface area contributed by atoms with Crippen molar-refractivity contribution in [2.24, 2.45) is 5.92 Å². The third-order valence-corrected chi connectivity index (χ3v) is 6.15. The number of anilines is 2. The maximum atomic E-state index is 13.1. The average Bonchev–Trinajstić information content (AvgIpc) is 2.85. The number of aromatic nitrogens is 2. The predicted molar refractivity (Wildman–Crippen MR) is 130 cm³/mol. The Morgan fingerprint density at radius 1 is 0.970 bits per heavy atom. The molecule has 166 valence electrons. The van der Waals surface area contributed by atoms with E-state index in [0.29, 0.717) is 37.6 Å². The van der Waals surface area contributed by atoms with Gasteiger partial charge in [0.1, 0.15) is 5.82 Å². The van der Waals surface area contributed by atoms with Crippen molar-refractivity contribution in [1.29, 1.82) is 0 Å². The van der Waals surface area contributed by atoms with Crippen molar-refractivity contribution in [3.8, 4) is 11.3 Å². The number of benzene rings is 3. The molecule has 0 spiro atoms. The van der Waals surface area contributed by atoms with Gasteiger partial charge in [-0.05, 0) is 56.2 Å². The molecule has 1 aliphatic heterocycles. The van der Waals surface area contributed by atoms with Crippen LogP contribution in [-0.2, 0) is 4.79 Å². The number of hydrogen-bond donors (Lipinski definition) is 1. The van der Waals surface area contributed by atoms with Crippen molar-refractivity contribution in [3.63, 3.8) is 0 Å². The summed E-state index contributed by atoms with van der Waals surface area (Å²) in [4.78, 5) is 24.7. The second kappa shape index (κ2) is 8.98. The lowest BCUT2D eigenvalue weighted by Gasteiger charge is -2.31. The molecule has 0 aliphatic carbocycles. The summed E-state index contributed by atoms with van der Waals surface area (Å²) in [7, 11) is 0. The Morgan fingerprint density at radius 3 is 2.42 bits per heavy atom. The van der Waals surface area contributed by atoms with Gasteiger partial charge in [0.2, 0.25) is 11.9 Å².